The molecule has 0 unspecified atom stereocenters. The highest BCUT2D eigenvalue weighted by molar-refractivity contribution is 7.93. The van der Waals surface area contributed by atoms with Crippen molar-refractivity contribution in [3.05, 3.63) is 96.2 Å². The number of hydrogen-bond donors (Lipinski definition) is 1. The predicted molar refractivity (Wildman–Crippen MR) is 163 cm³/mol. The van der Waals surface area contributed by atoms with Crippen molar-refractivity contribution in [3.63, 3.8) is 0 Å². The molecule has 8 nitrogen and oxygen atoms in total. The second-order valence-corrected chi connectivity index (χ2v) is 11.8. The highest BCUT2D eigenvalue weighted by atomic mass is 32.2. The van der Waals surface area contributed by atoms with Crippen LogP contribution in [0.15, 0.2) is 90.0 Å². The van der Waals surface area contributed by atoms with Gasteiger partial charge in [0, 0.05) is 81.3 Å². The molecule has 9 heteroatoms. The van der Waals surface area contributed by atoms with Crippen LogP contribution in [0.5, 0.6) is 0 Å². The van der Waals surface area contributed by atoms with E-state index in [1.165, 1.54) is 11.6 Å². The quantitative estimate of drug-likeness (QED) is 0.301. The third-order valence-corrected chi connectivity index (χ3v) is 8.72. The van der Waals surface area contributed by atoms with Crippen LogP contribution in [0.25, 0.3) is 10.9 Å². The minimum absolute atomic E-state index is 0.0586. The number of fused-ring (bicyclic) bond motifs is 1. The highest BCUT2D eigenvalue weighted by Gasteiger charge is 2.23. The number of aromatic nitrogens is 1. The number of pyridine rings is 1. The molecule has 1 saturated heterocycles. The largest absolute Gasteiger partial charge is 0.374 e. The maximum Gasteiger partial charge on any atom is 0.264 e. The zero-order valence-electron chi connectivity index (χ0n) is 23.0. The number of terminal acetylenes is 1. The summed E-state index contributed by atoms with van der Waals surface area (Å²) in [5, 5.41) is 0.745. The average Bonchev–Trinajstić information content (AvgIpc) is 3.00. The Morgan fingerprint density at radius 2 is 1.68 bits per heavy atom. The number of nitrogens with zero attached hydrogens (tertiary/aromatic N) is 4. The van der Waals surface area contributed by atoms with Crippen molar-refractivity contribution in [1.29, 1.82) is 0 Å². The smallest absolute Gasteiger partial charge is 0.264 e. The number of rotatable bonds is 9. The summed E-state index contributed by atoms with van der Waals surface area (Å²) >= 11 is 0. The van der Waals surface area contributed by atoms with Crippen LogP contribution in [-0.2, 0) is 16.6 Å². The Morgan fingerprint density at radius 3 is 2.39 bits per heavy atom. The summed E-state index contributed by atoms with van der Waals surface area (Å²) < 4.78 is 28.8. The van der Waals surface area contributed by atoms with Gasteiger partial charge in [0.25, 0.3) is 15.9 Å². The molecule has 1 aliphatic rings. The summed E-state index contributed by atoms with van der Waals surface area (Å²) in [6.07, 6.45) is 7.66. The van der Waals surface area contributed by atoms with Crippen molar-refractivity contribution in [2.24, 2.45) is 0 Å². The number of piperazine rings is 1. The van der Waals surface area contributed by atoms with Crippen molar-refractivity contribution in [3.8, 4) is 12.3 Å². The number of sulfonamides is 1. The SMILES string of the molecule is C#CCCN(C)c1ccc(CN2CCN(C(=O)c3ccc(NS(=O)(=O)c4cccc5cccnc45)cc3)CC2)cc1. The van der Waals surface area contributed by atoms with E-state index < -0.39 is 10.0 Å². The van der Waals surface area contributed by atoms with Crippen molar-refractivity contribution in [1.82, 2.24) is 14.8 Å². The van der Waals surface area contributed by atoms with Gasteiger partial charge < -0.3 is 9.80 Å². The lowest BCUT2D eigenvalue weighted by Gasteiger charge is -2.35. The van der Waals surface area contributed by atoms with Gasteiger partial charge in [0.2, 0.25) is 0 Å². The first-order valence-electron chi connectivity index (χ1n) is 13.6. The monoisotopic (exact) mass is 567 g/mol. The molecule has 1 fully saturated rings. The van der Waals surface area contributed by atoms with Crippen LogP contribution in [0, 0.1) is 12.3 Å². The number of nitrogens with one attached hydrogen (secondary N) is 1. The Kier molecular flexibility index (Phi) is 8.53. The van der Waals surface area contributed by atoms with E-state index in [-0.39, 0.29) is 10.8 Å². The Labute approximate surface area is 241 Å². The Hall–Kier alpha value is -4.39. The average molecular weight is 568 g/mol. The molecule has 0 spiro atoms. The third-order valence-electron chi connectivity index (χ3n) is 7.30. The van der Waals surface area contributed by atoms with Crippen LogP contribution in [0.2, 0.25) is 0 Å². The summed E-state index contributed by atoms with van der Waals surface area (Å²) in [5.74, 6) is 2.62. The molecule has 0 bridgehead atoms. The fourth-order valence-corrected chi connectivity index (χ4v) is 6.19. The molecule has 0 saturated carbocycles. The van der Waals surface area contributed by atoms with Gasteiger partial charge in [-0.3, -0.25) is 19.4 Å². The van der Waals surface area contributed by atoms with Crippen LogP contribution in [0.3, 0.4) is 0 Å². The standard InChI is InChI=1S/C32H33N5O3S/c1-3-4-19-35(2)29-16-10-25(11-17-29)24-36-20-22-37(23-21-36)32(38)27-12-14-28(15-13-27)34-41(39,40)30-9-5-7-26-8-6-18-33-31(26)30/h1,5-18,34H,4,19-24H2,2H3. The lowest BCUT2D eigenvalue weighted by molar-refractivity contribution is 0.0628. The zero-order valence-corrected chi connectivity index (χ0v) is 23.8. The van der Waals surface area contributed by atoms with Crippen LogP contribution in [0.4, 0.5) is 11.4 Å². The normalized spacial score (nSPS) is 14.0. The van der Waals surface area contributed by atoms with Gasteiger partial charge in [0.1, 0.15) is 4.90 Å². The molecule has 5 rings (SSSR count). The molecular weight excluding hydrogens is 534 g/mol. The Balaban J connectivity index is 1.15. The van der Waals surface area contributed by atoms with Crippen molar-refractivity contribution < 1.29 is 13.2 Å². The Bertz CT molecular complexity index is 1650. The maximum absolute atomic E-state index is 13.1. The first-order chi connectivity index (χ1) is 19.8. The van der Waals surface area contributed by atoms with E-state index in [4.69, 9.17) is 6.42 Å². The van der Waals surface area contributed by atoms with E-state index in [9.17, 15) is 13.2 Å². The first kappa shape index (κ1) is 28.1. The van der Waals surface area contributed by atoms with Crippen LogP contribution < -0.4 is 9.62 Å². The van der Waals surface area contributed by atoms with Crippen molar-refractivity contribution >= 4 is 38.2 Å². The molecule has 0 aliphatic carbocycles. The van der Waals surface area contributed by atoms with Crippen LogP contribution in [0.1, 0.15) is 22.3 Å². The second-order valence-electron chi connectivity index (χ2n) is 10.1. The predicted octanol–water partition coefficient (Wildman–Crippen LogP) is 4.45. The topological polar surface area (TPSA) is 85.9 Å². The van der Waals surface area contributed by atoms with E-state index in [2.05, 4.69) is 49.7 Å². The molecular formula is C32H33N5O3S. The molecule has 210 valence electrons. The number of carbonyl (C=O) groups is 1. The lowest BCUT2D eigenvalue weighted by Crippen LogP contribution is -2.48. The van der Waals surface area contributed by atoms with E-state index in [0.29, 0.717) is 36.3 Å². The van der Waals surface area contributed by atoms with Gasteiger partial charge in [-0.15, -0.1) is 12.3 Å². The van der Waals surface area contributed by atoms with Gasteiger partial charge in [0.05, 0.1) is 5.52 Å². The second kappa shape index (κ2) is 12.4. The third kappa shape index (κ3) is 6.68. The van der Waals surface area contributed by atoms with E-state index in [1.54, 1.807) is 42.6 Å². The van der Waals surface area contributed by atoms with Gasteiger partial charge >= 0.3 is 0 Å². The molecule has 1 aromatic heterocycles. The number of anilines is 2. The number of para-hydroxylation sites is 1. The van der Waals surface area contributed by atoms with E-state index in [0.717, 1.165) is 37.3 Å². The molecule has 1 N–H and O–H groups in total. The summed E-state index contributed by atoms with van der Waals surface area (Å²) in [4.78, 5) is 23.8. The summed E-state index contributed by atoms with van der Waals surface area (Å²) in [6.45, 7) is 4.49. The van der Waals surface area contributed by atoms with Gasteiger partial charge in [-0.25, -0.2) is 8.42 Å². The van der Waals surface area contributed by atoms with Crippen LogP contribution in [-0.4, -0.2) is 68.9 Å². The molecule has 3 aromatic carbocycles. The first-order valence-corrected chi connectivity index (χ1v) is 15.0. The lowest BCUT2D eigenvalue weighted by atomic mass is 10.1. The minimum atomic E-state index is -3.86. The molecule has 0 atom stereocenters. The number of carbonyl (C=O) groups excluding carboxylic acids is 1. The Morgan fingerprint density at radius 1 is 0.976 bits per heavy atom. The van der Waals surface area contributed by atoms with Crippen LogP contribution >= 0.6 is 0 Å². The fourth-order valence-electron chi connectivity index (χ4n) is 4.95. The fraction of sp³-hybridized carbons (Fsp3) is 0.250. The maximum atomic E-state index is 13.1. The van der Waals surface area contributed by atoms with E-state index in [1.807, 2.05) is 24.1 Å². The number of benzene rings is 3. The van der Waals surface area contributed by atoms with Gasteiger partial charge in [0.15, 0.2) is 0 Å². The molecule has 4 aromatic rings. The highest BCUT2D eigenvalue weighted by Crippen LogP contribution is 2.24. The zero-order chi connectivity index (χ0) is 28.8. The van der Waals surface area contributed by atoms with Crippen molar-refractivity contribution in [2.75, 3.05) is 49.4 Å². The van der Waals surface area contributed by atoms with Crippen molar-refractivity contribution in [2.45, 2.75) is 17.9 Å². The summed E-state index contributed by atoms with van der Waals surface area (Å²) in [7, 11) is -1.82. The molecule has 1 aliphatic heterocycles. The number of hydrogen-bond acceptors (Lipinski definition) is 6. The molecule has 0 radical (unpaired) electrons. The molecule has 2 heterocycles. The van der Waals surface area contributed by atoms with E-state index >= 15 is 0 Å². The van der Waals surface area contributed by atoms with Gasteiger partial charge in [-0.05, 0) is 54.1 Å². The molecule has 41 heavy (non-hydrogen) atoms. The van der Waals surface area contributed by atoms with Gasteiger partial charge in [-0.1, -0.05) is 30.3 Å². The minimum Gasteiger partial charge on any atom is -0.374 e. The number of amides is 1. The summed E-state index contributed by atoms with van der Waals surface area (Å²) in [5.41, 5.74) is 3.69. The van der Waals surface area contributed by atoms with Gasteiger partial charge in [-0.2, -0.15) is 0 Å². The summed E-state index contributed by atoms with van der Waals surface area (Å²) in [6, 6.07) is 23.7. The molecule has 1 amide bonds.